The quantitative estimate of drug-likeness (QED) is 0.831. The minimum Gasteiger partial charge on any atom is -0.396 e. The van der Waals surface area contributed by atoms with Gasteiger partial charge in [-0.3, -0.25) is 4.98 Å². The average Bonchev–Trinajstić information content (AvgIpc) is 2.38. The zero-order valence-corrected chi connectivity index (χ0v) is 9.68. The second-order valence-corrected chi connectivity index (χ2v) is 4.60. The molecule has 1 aromatic heterocycles. The van der Waals surface area contributed by atoms with Crippen LogP contribution in [-0.2, 0) is 6.42 Å². The lowest BCUT2D eigenvalue weighted by Crippen LogP contribution is -2.37. The zero-order valence-electron chi connectivity index (χ0n) is 9.68. The van der Waals surface area contributed by atoms with Crippen molar-refractivity contribution < 1.29 is 5.11 Å². The van der Waals surface area contributed by atoms with Gasteiger partial charge in [-0.2, -0.15) is 0 Å². The van der Waals surface area contributed by atoms with Crippen LogP contribution >= 0.6 is 0 Å². The van der Waals surface area contributed by atoms with Crippen molar-refractivity contribution in [2.24, 2.45) is 5.92 Å². The third-order valence-electron chi connectivity index (χ3n) is 3.33. The molecule has 16 heavy (non-hydrogen) atoms. The highest BCUT2D eigenvalue weighted by Crippen LogP contribution is 2.15. The van der Waals surface area contributed by atoms with Gasteiger partial charge in [0.1, 0.15) is 0 Å². The molecule has 2 rings (SSSR count). The average molecular weight is 220 g/mol. The van der Waals surface area contributed by atoms with Crippen molar-refractivity contribution in [3.63, 3.8) is 0 Å². The summed E-state index contributed by atoms with van der Waals surface area (Å²) in [6.07, 6.45) is 7.19. The van der Waals surface area contributed by atoms with Gasteiger partial charge in [0.15, 0.2) is 0 Å². The molecule has 2 heterocycles. The Morgan fingerprint density at radius 1 is 1.38 bits per heavy atom. The van der Waals surface area contributed by atoms with E-state index in [-0.39, 0.29) is 0 Å². The van der Waals surface area contributed by atoms with Crippen LogP contribution in [0.2, 0.25) is 0 Å². The third kappa shape index (κ3) is 3.29. The molecule has 3 nitrogen and oxygen atoms in total. The molecule has 1 atom stereocenters. The first-order valence-corrected chi connectivity index (χ1v) is 6.10. The fourth-order valence-electron chi connectivity index (χ4n) is 2.34. The molecule has 0 aromatic carbocycles. The first-order chi connectivity index (χ1) is 7.88. The van der Waals surface area contributed by atoms with Crippen molar-refractivity contribution in [3.8, 4) is 0 Å². The van der Waals surface area contributed by atoms with Gasteiger partial charge in [0, 0.05) is 32.1 Å². The van der Waals surface area contributed by atoms with Crippen LogP contribution in [0.1, 0.15) is 18.4 Å². The lowest BCUT2D eigenvalue weighted by molar-refractivity contribution is 0.121. The number of hydrogen-bond acceptors (Lipinski definition) is 3. The van der Waals surface area contributed by atoms with Crippen LogP contribution in [0.15, 0.2) is 24.5 Å². The summed E-state index contributed by atoms with van der Waals surface area (Å²) in [6, 6.07) is 4.15. The summed E-state index contributed by atoms with van der Waals surface area (Å²) < 4.78 is 0. The summed E-state index contributed by atoms with van der Waals surface area (Å²) in [5.74, 6) is 0.492. The van der Waals surface area contributed by atoms with Crippen LogP contribution < -0.4 is 0 Å². The fourth-order valence-corrected chi connectivity index (χ4v) is 2.34. The van der Waals surface area contributed by atoms with Crippen molar-refractivity contribution in [1.29, 1.82) is 0 Å². The van der Waals surface area contributed by atoms with Crippen molar-refractivity contribution in [2.45, 2.75) is 19.3 Å². The molecule has 0 spiro atoms. The number of aromatic nitrogens is 1. The Morgan fingerprint density at radius 3 is 2.94 bits per heavy atom. The van der Waals surface area contributed by atoms with Crippen LogP contribution in [-0.4, -0.2) is 41.2 Å². The Hall–Kier alpha value is -0.930. The molecular formula is C13H20N2O. The second kappa shape index (κ2) is 5.97. The monoisotopic (exact) mass is 220 g/mol. The van der Waals surface area contributed by atoms with E-state index >= 15 is 0 Å². The number of pyridine rings is 1. The van der Waals surface area contributed by atoms with E-state index in [1.165, 1.54) is 24.9 Å². The summed E-state index contributed by atoms with van der Waals surface area (Å²) in [6.45, 7) is 3.68. The van der Waals surface area contributed by atoms with E-state index in [9.17, 15) is 0 Å². The Kier molecular flexibility index (Phi) is 4.31. The highest BCUT2D eigenvalue weighted by atomic mass is 16.3. The summed E-state index contributed by atoms with van der Waals surface area (Å²) in [5.41, 5.74) is 1.35. The highest BCUT2D eigenvalue weighted by Gasteiger charge is 2.18. The molecule has 1 saturated heterocycles. The van der Waals surface area contributed by atoms with Crippen LogP contribution in [0.5, 0.6) is 0 Å². The van der Waals surface area contributed by atoms with Gasteiger partial charge in [0.2, 0.25) is 0 Å². The normalized spacial score (nSPS) is 22.2. The molecule has 1 aliphatic heterocycles. The van der Waals surface area contributed by atoms with Crippen molar-refractivity contribution in [3.05, 3.63) is 30.1 Å². The van der Waals surface area contributed by atoms with Gasteiger partial charge in [-0.15, -0.1) is 0 Å². The number of hydrogen-bond donors (Lipinski definition) is 1. The molecule has 88 valence electrons. The number of nitrogens with zero attached hydrogens (tertiary/aromatic N) is 2. The Bertz CT molecular complexity index is 302. The number of likely N-dealkylation sites (tertiary alicyclic amines) is 1. The van der Waals surface area contributed by atoms with Gasteiger partial charge < -0.3 is 10.0 Å². The number of rotatable bonds is 4. The van der Waals surface area contributed by atoms with Crippen LogP contribution in [0, 0.1) is 5.92 Å². The van der Waals surface area contributed by atoms with Gasteiger partial charge in [-0.25, -0.2) is 0 Å². The molecule has 0 saturated carbocycles. The van der Waals surface area contributed by atoms with Crippen molar-refractivity contribution in [2.75, 3.05) is 26.2 Å². The smallest absolute Gasteiger partial charge is 0.0471 e. The largest absolute Gasteiger partial charge is 0.396 e. The van der Waals surface area contributed by atoms with Gasteiger partial charge in [0.05, 0.1) is 0 Å². The highest BCUT2D eigenvalue weighted by molar-refractivity contribution is 5.09. The maximum atomic E-state index is 9.16. The summed E-state index contributed by atoms with van der Waals surface area (Å²) in [7, 11) is 0. The first kappa shape index (κ1) is 11.6. The van der Waals surface area contributed by atoms with E-state index < -0.39 is 0 Å². The van der Waals surface area contributed by atoms with Crippen molar-refractivity contribution >= 4 is 0 Å². The van der Waals surface area contributed by atoms with E-state index in [0.717, 1.165) is 19.5 Å². The van der Waals surface area contributed by atoms with E-state index in [1.807, 2.05) is 12.4 Å². The number of aliphatic hydroxyl groups is 1. The molecule has 0 amide bonds. The van der Waals surface area contributed by atoms with Gasteiger partial charge in [-0.05, 0) is 49.4 Å². The minimum atomic E-state index is 0.339. The van der Waals surface area contributed by atoms with Gasteiger partial charge in [-0.1, -0.05) is 0 Å². The lowest BCUT2D eigenvalue weighted by Gasteiger charge is -2.31. The molecule has 1 unspecified atom stereocenters. The molecule has 1 aromatic rings. The molecule has 0 aliphatic carbocycles. The van der Waals surface area contributed by atoms with Crippen LogP contribution in [0.4, 0.5) is 0 Å². The molecule has 1 N–H and O–H groups in total. The van der Waals surface area contributed by atoms with Crippen LogP contribution in [0.3, 0.4) is 0 Å². The SMILES string of the molecule is OCC1CCCN(CCc2ccncc2)C1. The zero-order chi connectivity index (χ0) is 11.2. The van der Waals surface area contributed by atoms with E-state index in [0.29, 0.717) is 12.5 Å². The fraction of sp³-hybridized carbons (Fsp3) is 0.615. The Morgan fingerprint density at radius 2 is 2.19 bits per heavy atom. The first-order valence-electron chi connectivity index (χ1n) is 6.10. The predicted molar refractivity (Wildman–Crippen MR) is 64.2 cm³/mol. The molecular weight excluding hydrogens is 200 g/mol. The van der Waals surface area contributed by atoms with E-state index in [4.69, 9.17) is 5.11 Å². The molecule has 0 bridgehead atoms. The number of piperidine rings is 1. The van der Waals surface area contributed by atoms with Gasteiger partial charge >= 0.3 is 0 Å². The summed E-state index contributed by atoms with van der Waals surface area (Å²) in [5, 5.41) is 9.16. The predicted octanol–water partition coefficient (Wildman–Crippen LogP) is 1.33. The maximum absolute atomic E-state index is 9.16. The Labute approximate surface area is 97.1 Å². The molecule has 1 aliphatic rings. The van der Waals surface area contributed by atoms with Crippen LogP contribution in [0.25, 0.3) is 0 Å². The van der Waals surface area contributed by atoms with Gasteiger partial charge in [0.25, 0.3) is 0 Å². The van der Waals surface area contributed by atoms with E-state index in [1.54, 1.807) is 0 Å². The molecule has 1 fully saturated rings. The second-order valence-electron chi connectivity index (χ2n) is 4.60. The van der Waals surface area contributed by atoms with Crippen molar-refractivity contribution in [1.82, 2.24) is 9.88 Å². The summed E-state index contributed by atoms with van der Waals surface area (Å²) in [4.78, 5) is 6.48. The number of aliphatic hydroxyl groups excluding tert-OH is 1. The standard InChI is InChI=1S/C13H20N2O/c16-11-13-2-1-8-15(10-13)9-5-12-3-6-14-7-4-12/h3-4,6-7,13,16H,1-2,5,8-11H2. The molecule has 0 radical (unpaired) electrons. The topological polar surface area (TPSA) is 36.4 Å². The minimum absolute atomic E-state index is 0.339. The lowest BCUT2D eigenvalue weighted by atomic mass is 9.99. The summed E-state index contributed by atoms with van der Waals surface area (Å²) >= 11 is 0. The van der Waals surface area contributed by atoms with E-state index in [2.05, 4.69) is 22.0 Å². The third-order valence-corrected chi connectivity index (χ3v) is 3.33. The molecule has 3 heteroatoms. The maximum Gasteiger partial charge on any atom is 0.0471 e. The Balaban J connectivity index is 1.77.